The van der Waals surface area contributed by atoms with Crippen molar-refractivity contribution in [1.82, 2.24) is 5.32 Å². The highest BCUT2D eigenvalue weighted by molar-refractivity contribution is 5.88. The predicted molar refractivity (Wildman–Crippen MR) is 120 cm³/mol. The highest BCUT2D eigenvalue weighted by Gasteiger charge is 2.24. The Bertz CT molecular complexity index is 1070. The van der Waals surface area contributed by atoms with Gasteiger partial charge in [-0.3, -0.25) is 0 Å². The van der Waals surface area contributed by atoms with Crippen LogP contribution in [0.5, 0.6) is 0 Å². The van der Waals surface area contributed by atoms with Gasteiger partial charge < -0.3 is 21.0 Å². The van der Waals surface area contributed by atoms with Crippen LogP contribution in [0.2, 0.25) is 0 Å². The van der Waals surface area contributed by atoms with Crippen LogP contribution in [0, 0.1) is 16.8 Å². The minimum Gasteiger partial charge on any atom is -0.619 e. The lowest BCUT2D eigenvalue weighted by atomic mass is 10.0. The number of nitrogens with one attached hydrogen (secondary N) is 1. The van der Waals surface area contributed by atoms with E-state index in [4.69, 9.17) is 10.5 Å². The zero-order chi connectivity index (χ0) is 23.8. The molecular formula is C25H27F2N3O3. The lowest BCUT2D eigenvalue weighted by Gasteiger charge is -2.25. The Labute approximate surface area is 191 Å². The van der Waals surface area contributed by atoms with Gasteiger partial charge in [-0.05, 0) is 47.7 Å². The summed E-state index contributed by atoms with van der Waals surface area (Å²) in [6.07, 6.45) is 2.56. The molecule has 0 saturated heterocycles. The smallest absolute Gasteiger partial charge is 0.344 e. The number of pyridine rings is 1. The molecule has 3 rings (SSSR count). The molecule has 174 valence electrons. The fourth-order valence-corrected chi connectivity index (χ4v) is 3.51. The summed E-state index contributed by atoms with van der Waals surface area (Å²) in [5, 5.41) is 14.7. The van der Waals surface area contributed by atoms with Gasteiger partial charge >= 0.3 is 5.97 Å². The molecular weight excluding hydrogens is 428 g/mol. The van der Waals surface area contributed by atoms with Crippen molar-refractivity contribution in [3.63, 3.8) is 0 Å². The Hall–Kier alpha value is -3.36. The van der Waals surface area contributed by atoms with Crippen LogP contribution in [-0.4, -0.2) is 24.7 Å². The van der Waals surface area contributed by atoms with Crippen molar-refractivity contribution < 1.29 is 23.0 Å². The molecule has 1 aromatic heterocycles. The predicted octanol–water partition coefficient (Wildman–Crippen LogP) is 3.05. The number of aryl methyl sites for hydroxylation is 1. The first-order valence-corrected chi connectivity index (χ1v) is 10.7. The highest BCUT2D eigenvalue weighted by atomic mass is 19.1. The van der Waals surface area contributed by atoms with Crippen molar-refractivity contribution in [2.75, 3.05) is 6.54 Å². The summed E-state index contributed by atoms with van der Waals surface area (Å²) in [7, 11) is 0. The monoisotopic (exact) mass is 455 g/mol. The van der Waals surface area contributed by atoms with E-state index in [1.54, 1.807) is 0 Å². The Morgan fingerprint density at radius 3 is 2.52 bits per heavy atom. The Morgan fingerprint density at radius 1 is 1.09 bits per heavy atom. The average Bonchev–Trinajstić information content (AvgIpc) is 2.77. The fraction of sp³-hybridized carbons (Fsp3) is 0.280. The summed E-state index contributed by atoms with van der Waals surface area (Å²) in [6.45, 7) is 2.81. The van der Waals surface area contributed by atoms with E-state index >= 15 is 0 Å². The standard InChI is InChI=1S/C25H27F2N3O3/c1-2-17-5-3-6-18(9-17)14-29-15-24(33-25(31)20-7-4-8-30(32)16-20)23(28)12-19-10-21(26)13-22(27)11-19/h3-11,13,16,23-24,29H,2,12,14-15,28H2,1H3. The maximum absolute atomic E-state index is 13.6. The topological polar surface area (TPSA) is 91.3 Å². The first-order chi connectivity index (χ1) is 15.8. The highest BCUT2D eigenvalue weighted by Crippen LogP contribution is 2.13. The number of hydrogen-bond donors (Lipinski definition) is 2. The lowest BCUT2D eigenvalue weighted by molar-refractivity contribution is -0.605. The molecule has 2 aromatic carbocycles. The SMILES string of the molecule is CCc1cccc(CNCC(OC(=O)c2ccc[n+]([O-])c2)C(N)Cc2cc(F)cc(F)c2)c1. The molecule has 0 fully saturated rings. The van der Waals surface area contributed by atoms with Crippen LogP contribution in [0.15, 0.2) is 67.0 Å². The molecule has 0 aliphatic carbocycles. The van der Waals surface area contributed by atoms with Gasteiger partial charge in [-0.15, -0.1) is 0 Å². The third-order valence-corrected chi connectivity index (χ3v) is 5.21. The van der Waals surface area contributed by atoms with E-state index < -0.39 is 29.7 Å². The van der Waals surface area contributed by atoms with Gasteiger partial charge in [-0.2, -0.15) is 4.73 Å². The number of carbonyl (C=O) groups excluding carboxylic acids is 1. The van der Waals surface area contributed by atoms with Gasteiger partial charge in [0.1, 0.15) is 23.3 Å². The number of nitrogens with two attached hydrogens (primary N) is 1. The average molecular weight is 456 g/mol. The van der Waals surface area contributed by atoms with Crippen LogP contribution in [0.1, 0.15) is 34.0 Å². The van der Waals surface area contributed by atoms with Gasteiger partial charge in [0.25, 0.3) is 0 Å². The van der Waals surface area contributed by atoms with E-state index in [2.05, 4.69) is 18.3 Å². The number of halogens is 2. The number of ether oxygens (including phenoxy) is 1. The minimum atomic E-state index is -0.807. The van der Waals surface area contributed by atoms with Crippen molar-refractivity contribution >= 4 is 5.97 Å². The number of nitrogens with zero attached hydrogens (tertiary/aromatic N) is 1. The first kappa shape index (κ1) is 24.3. The molecule has 1 heterocycles. The van der Waals surface area contributed by atoms with E-state index in [1.807, 2.05) is 18.2 Å². The van der Waals surface area contributed by atoms with E-state index in [1.165, 1.54) is 36.0 Å². The van der Waals surface area contributed by atoms with Gasteiger partial charge in [0, 0.05) is 31.3 Å². The van der Waals surface area contributed by atoms with Gasteiger partial charge in [-0.25, -0.2) is 13.6 Å². The van der Waals surface area contributed by atoms with Crippen molar-refractivity contribution in [2.45, 2.75) is 38.5 Å². The number of aromatic nitrogens is 1. The molecule has 2 unspecified atom stereocenters. The molecule has 2 atom stereocenters. The normalized spacial score (nSPS) is 12.8. The molecule has 0 aliphatic heterocycles. The molecule has 0 saturated carbocycles. The number of benzene rings is 2. The first-order valence-electron chi connectivity index (χ1n) is 10.7. The van der Waals surface area contributed by atoms with Crippen molar-refractivity contribution in [2.24, 2.45) is 5.73 Å². The van der Waals surface area contributed by atoms with Gasteiger partial charge in [0.2, 0.25) is 0 Å². The van der Waals surface area contributed by atoms with E-state index in [0.717, 1.165) is 24.2 Å². The number of esters is 1. The third-order valence-electron chi connectivity index (χ3n) is 5.21. The van der Waals surface area contributed by atoms with Crippen LogP contribution < -0.4 is 15.8 Å². The summed E-state index contributed by atoms with van der Waals surface area (Å²) in [5.41, 5.74) is 9.01. The molecule has 3 aromatic rings. The second kappa shape index (κ2) is 11.5. The Kier molecular flexibility index (Phi) is 8.46. The van der Waals surface area contributed by atoms with Crippen LogP contribution in [0.3, 0.4) is 0 Å². The van der Waals surface area contributed by atoms with Crippen LogP contribution in [0.4, 0.5) is 8.78 Å². The zero-order valence-corrected chi connectivity index (χ0v) is 18.3. The van der Waals surface area contributed by atoms with Crippen LogP contribution in [-0.2, 0) is 24.1 Å². The van der Waals surface area contributed by atoms with Crippen molar-refractivity contribution in [3.8, 4) is 0 Å². The molecule has 0 spiro atoms. The third kappa shape index (κ3) is 7.34. The minimum absolute atomic E-state index is 0.0807. The van der Waals surface area contributed by atoms with Gasteiger partial charge in [0.05, 0.1) is 0 Å². The summed E-state index contributed by atoms with van der Waals surface area (Å²) < 4.78 is 33.3. The van der Waals surface area contributed by atoms with E-state index in [9.17, 15) is 18.8 Å². The largest absolute Gasteiger partial charge is 0.619 e. The molecule has 3 N–H and O–H groups in total. The number of hydrogen-bond acceptors (Lipinski definition) is 5. The molecule has 0 bridgehead atoms. The number of rotatable bonds is 10. The maximum Gasteiger partial charge on any atom is 0.344 e. The van der Waals surface area contributed by atoms with Gasteiger partial charge in [-0.1, -0.05) is 31.2 Å². The molecule has 0 radical (unpaired) electrons. The second-order valence-electron chi connectivity index (χ2n) is 7.85. The molecule has 6 nitrogen and oxygen atoms in total. The quantitative estimate of drug-likeness (QED) is 0.279. The lowest BCUT2D eigenvalue weighted by Crippen LogP contribution is -2.46. The zero-order valence-electron chi connectivity index (χ0n) is 18.3. The van der Waals surface area contributed by atoms with E-state index in [0.29, 0.717) is 16.8 Å². The summed E-state index contributed by atoms with van der Waals surface area (Å²) in [5.74, 6) is -2.12. The molecule has 0 amide bonds. The van der Waals surface area contributed by atoms with E-state index in [-0.39, 0.29) is 18.5 Å². The summed E-state index contributed by atoms with van der Waals surface area (Å²) >= 11 is 0. The molecule has 0 aliphatic rings. The van der Waals surface area contributed by atoms with Crippen LogP contribution >= 0.6 is 0 Å². The maximum atomic E-state index is 13.6. The number of carbonyl (C=O) groups is 1. The molecule has 8 heteroatoms. The Balaban J connectivity index is 1.71. The van der Waals surface area contributed by atoms with Crippen molar-refractivity contribution in [1.29, 1.82) is 0 Å². The van der Waals surface area contributed by atoms with Crippen LogP contribution in [0.25, 0.3) is 0 Å². The van der Waals surface area contributed by atoms with Gasteiger partial charge in [0.15, 0.2) is 12.4 Å². The molecule has 33 heavy (non-hydrogen) atoms. The summed E-state index contributed by atoms with van der Waals surface area (Å²) in [6, 6.07) is 13.4. The second-order valence-corrected chi connectivity index (χ2v) is 7.85. The fourth-order valence-electron chi connectivity index (χ4n) is 3.51. The van der Waals surface area contributed by atoms with Crippen molar-refractivity contribution in [3.05, 3.63) is 106 Å². The summed E-state index contributed by atoms with van der Waals surface area (Å²) in [4.78, 5) is 12.6. The Morgan fingerprint density at radius 2 is 1.82 bits per heavy atom.